The van der Waals surface area contributed by atoms with E-state index in [4.69, 9.17) is 17.3 Å². The molecule has 0 aromatic heterocycles. The molecule has 0 aromatic carbocycles. The molecule has 7 atom stereocenters. The zero-order chi connectivity index (χ0) is 20.6. The monoisotopic (exact) mass is 429 g/mol. The smallest absolute Gasteiger partial charge is 0.257 e. The molecule has 29 heavy (non-hydrogen) atoms. The Labute approximate surface area is 178 Å². The highest BCUT2D eigenvalue weighted by Crippen LogP contribution is 2.40. The zero-order valence-corrected chi connectivity index (χ0v) is 18.3. The van der Waals surface area contributed by atoms with Gasteiger partial charge in [0.2, 0.25) is 0 Å². The molecule has 2 heterocycles. The molecule has 166 valence electrons. The molecule has 2 saturated carbocycles. The highest BCUT2D eigenvalue weighted by atomic mass is 35.5. The van der Waals surface area contributed by atoms with Gasteiger partial charge in [-0.3, -0.25) is 15.0 Å². The second kappa shape index (κ2) is 8.95. The van der Waals surface area contributed by atoms with E-state index in [2.05, 4.69) is 27.8 Å². The van der Waals surface area contributed by atoms with Crippen LogP contribution < -0.4 is 21.7 Å². The van der Waals surface area contributed by atoms with Crippen molar-refractivity contribution in [3.63, 3.8) is 0 Å². The lowest BCUT2D eigenvalue weighted by Crippen LogP contribution is -2.67. The summed E-state index contributed by atoms with van der Waals surface area (Å²) >= 11 is 6.58. The number of rotatable bonds is 6. The van der Waals surface area contributed by atoms with Gasteiger partial charge in [0.1, 0.15) is 0 Å². The fourth-order valence-electron chi connectivity index (χ4n) is 5.29. The number of nitrogens with two attached hydrogens (primary N) is 1. The van der Waals surface area contributed by atoms with Gasteiger partial charge in [-0.15, -0.1) is 11.6 Å². The van der Waals surface area contributed by atoms with E-state index in [1.54, 1.807) is 0 Å². The number of nitrogens with zero attached hydrogens (tertiary/aromatic N) is 1. The lowest BCUT2D eigenvalue weighted by Gasteiger charge is -2.47. The summed E-state index contributed by atoms with van der Waals surface area (Å²) in [6.07, 6.45) is 5.60. The summed E-state index contributed by atoms with van der Waals surface area (Å²) in [5.74, 6) is 1.38. The predicted molar refractivity (Wildman–Crippen MR) is 113 cm³/mol. The summed E-state index contributed by atoms with van der Waals surface area (Å²) in [4.78, 5) is 14.6. The van der Waals surface area contributed by atoms with Gasteiger partial charge in [0.15, 0.2) is 5.67 Å². The van der Waals surface area contributed by atoms with E-state index in [1.807, 2.05) is 0 Å². The molecule has 2 aliphatic heterocycles. The fourth-order valence-corrected chi connectivity index (χ4v) is 5.64. The molecule has 2 aliphatic carbocycles. The van der Waals surface area contributed by atoms with Gasteiger partial charge in [-0.1, -0.05) is 6.92 Å². The topological polar surface area (TPSA) is 82.4 Å². The van der Waals surface area contributed by atoms with Gasteiger partial charge in [0.25, 0.3) is 5.91 Å². The van der Waals surface area contributed by atoms with E-state index in [0.717, 1.165) is 32.5 Å². The van der Waals surface area contributed by atoms with Crippen molar-refractivity contribution in [2.45, 2.75) is 68.8 Å². The molecule has 7 unspecified atom stereocenters. The van der Waals surface area contributed by atoms with E-state index >= 15 is 0 Å². The Morgan fingerprint density at radius 1 is 1.34 bits per heavy atom. The number of carbonyl (C=O) groups is 1. The molecule has 8 heteroatoms. The predicted octanol–water partition coefficient (Wildman–Crippen LogP) is 1.39. The highest BCUT2D eigenvalue weighted by molar-refractivity contribution is 6.20. The maximum atomic E-state index is 14.0. The largest absolute Gasteiger partial charge is 0.353 e. The van der Waals surface area contributed by atoms with Crippen molar-refractivity contribution < 1.29 is 9.18 Å². The molecular weight excluding hydrogens is 393 g/mol. The molecule has 0 bridgehead atoms. The van der Waals surface area contributed by atoms with Crippen LogP contribution >= 0.6 is 11.6 Å². The minimum atomic E-state index is -1.61. The molecule has 0 spiro atoms. The van der Waals surface area contributed by atoms with Gasteiger partial charge in [-0.25, -0.2) is 4.39 Å². The third-order valence-corrected chi connectivity index (χ3v) is 8.28. The first-order valence-electron chi connectivity index (χ1n) is 11.4. The van der Waals surface area contributed by atoms with Gasteiger partial charge in [-0.05, 0) is 62.8 Å². The molecule has 4 aliphatic rings. The number of halogens is 2. The van der Waals surface area contributed by atoms with Crippen LogP contribution in [-0.2, 0) is 4.79 Å². The van der Waals surface area contributed by atoms with Crippen molar-refractivity contribution in [3.05, 3.63) is 0 Å². The summed E-state index contributed by atoms with van der Waals surface area (Å²) in [7, 11) is 0. The Kier molecular flexibility index (Phi) is 6.71. The SMILES string of the molecule is CC1CCC(C2NCC(CNC(=O)C3(F)CC3)C(N3CCC(CN)C3)N2)CC1Cl. The second-order valence-electron chi connectivity index (χ2n) is 9.88. The van der Waals surface area contributed by atoms with Gasteiger partial charge in [0, 0.05) is 37.5 Å². The molecule has 6 nitrogen and oxygen atoms in total. The van der Waals surface area contributed by atoms with Crippen molar-refractivity contribution in [2.75, 3.05) is 32.7 Å². The van der Waals surface area contributed by atoms with Crippen LogP contribution in [0.4, 0.5) is 4.39 Å². The summed E-state index contributed by atoms with van der Waals surface area (Å²) in [6.45, 7) is 6.26. The summed E-state index contributed by atoms with van der Waals surface area (Å²) in [6, 6.07) is 0. The van der Waals surface area contributed by atoms with E-state index in [1.165, 1.54) is 12.8 Å². The van der Waals surface area contributed by atoms with Crippen LogP contribution in [0.15, 0.2) is 0 Å². The van der Waals surface area contributed by atoms with Crippen molar-refractivity contribution in [2.24, 2.45) is 29.4 Å². The highest BCUT2D eigenvalue weighted by Gasteiger charge is 2.51. The summed E-state index contributed by atoms with van der Waals surface area (Å²) < 4.78 is 14.0. The molecule has 4 rings (SSSR count). The molecule has 1 amide bonds. The first kappa shape index (κ1) is 21.8. The van der Waals surface area contributed by atoms with Crippen molar-refractivity contribution in [3.8, 4) is 0 Å². The summed E-state index contributed by atoms with van der Waals surface area (Å²) in [5, 5.41) is 10.6. The van der Waals surface area contributed by atoms with Gasteiger partial charge in [-0.2, -0.15) is 0 Å². The van der Waals surface area contributed by atoms with Crippen LogP contribution in [0.1, 0.15) is 45.4 Å². The lowest BCUT2D eigenvalue weighted by molar-refractivity contribution is -0.127. The Morgan fingerprint density at radius 2 is 2.14 bits per heavy atom. The number of likely N-dealkylation sites (tertiary alicyclic amines) is 1. The molecular formula is C21H37ClFN5O. The molecule has 2 saturated heterocycles. The average molecular weight is 430 g/mol. The van der Waals surface area contributed by atoms with Crippen LogP contribution in [0.2, 0.25) is 0 Å². The first-order valence-corrected chi connectivity index (χ1v) is 11.9. The standard InChI is InChI=1S/C21H37ClFN5O/c1-13-2-3-15(8-17(13)22)18-25-10-16(11-26-20(29)21(23)5-6-21)19(27-18)28-7-4-14(9-24)12-28/h13-19,25,27H,2-12,24H2,1H3,(H,26,29). The Hall–Kier alpha value is -0.470. The van der Waals surface area contributed by atoms with E-state index in [0.29, 0.717) is 43.7 Å². The zero-order valence-electron chi connectivity index (χ0n) is 17.5. The molecule has 5 N–H and O–H groups in total. The second-order valence-corrected chi connectivity index (χ2v) is 10.4. The number of hydrogen-bond acceptors (Lipinski definition) is 5. The van der Waals surface area contributed by atoms with Crippen molar-refractivity contribution >= 4 is 17.5 Å². The van der Waals surface area contributed by atoms with Crippen LogP contribution in [0.25, 0.3) is 0 Å². The number of carbonyl (C=O) groups excluding carboxylic acids is 1. The average Bonchev–Trinajstić information content (AvgIpc) is 3.30. The van der Waals surface area contributed by atoms with Gasteiger partial charge < -0.3 is 16.4 Å². The molecule has 0 aromatic rings. The van der Waals surface area contributed by atoms with Crippen LogP contribution in [0, 0.1) is 23.7 Å². The van der Waals surface area contributed by atoms with E-state index in [9.17, 15) is 9.18 Å². The van der Waals surface area contributed by atoms with Crippen molar-refractivity contribution in [1.82, 2.24) is 20.9 Å². The fraction of sp³-hybridized carbons (Fsp3) is 0.952. The van der Waals surface area contributed by atoms with Gasteiger partial charge >= 0.3 is 0 Å². The number of alkyl halides is 2. The maximum Gasteiger partial charge on any atom is 0.257 e. The van der Waals surface area contributed by atoms with E-state index in [-0.39, 0.29) is 23.6 Å². The van der Waals surface area contributed by atoms with E-state index < -0.39 is 11.6 Å². The molecule has 0 radical (unpaired) electrons. The normalized spacial score (nSPS) is 42.6. The Balaban J connectivity index is 1.39. The Bertz CT molecular complexity index is 591. The third-order valence-electron chi connectivity index (χ3n) is 7.67. The van der Waals surface area contributed by atoms with Crippen LogP contribution in [0.5, 0.6) is 0 Å². The van der Waals surface area contributed by atoms with Crippen molar-refractivity contribution in [1.29, 1.82) is 0 Å². The lowest BCUT2D eigenvalue weighted by atomic mass is 9.80. The minimum Gasteiger partial charge on any atom is -0.353 e. The quantitative estimate of drug-likeness (QED) is 0.480. The third kappa shape index (κ3) is 4.90. The maximum absolute atomic E-state index is 14.0. The number of amides is 1. The first-order chi connectivity index (χ1) is 13.9. The Morgan fingerprint density at radius 3 is 2.79 bits per heavy atom. The van der Waals surface area contributed by atoms with Crippen LogP contribution in [-0.4, -0.2) is 66.9 Å². The summed E-state index contributed by atoms with van der Waals surface area (Å²) in [5.41, 5.74) is 4.30. The van der Waals surface area contributed by atoms with Crippen LogP contribution in [0.3, 0.4) is 0 Å². The minimum absolute atomic E-state index is 0.168. The molecule has 4 fully saturated rings. The number of nitrogens with one attached hydrogen (secondary N) is 3. The number of hydrogen-bond donors (Lipinski definition) is 4. The van der Waals surface area contributed by atoms with Gasteiger partial charge in [0.05, 0.1) is 12.3 Å².